The number of guanidine groups is 1. The number of amides is 1. The SMILES string of the molecule is CCC(C)c1ccc(NC(N)=NCCc2ccc(OCC(=O)NC3CC3)cc2)cc1.I. The van der Waals surface area contributed by atoms with E-state index in [4.69, 9.17) is 10.5 Å². The molecule has 0 heterocycles. The maximum Gasteiger partial charge on any atom is 0.258 e. The van der Waals surface area contributed by atoms with Crippen molar-refractivity contribution in [2.75, 3.05) is 18.5 Å². The molecule has 1 unspecified atom stereocenters. The van der Waals surface area contributed by atoms with Crippen LogP contribution in [0.4, 0.5) is 5.69 Å². The van der Waals surface area contributed by atoms with Crippen molar-refractivity contribution in [1.29, 1.82) is 0 Å². The summed E-state index contributed by atoms with van der Waals surface area (Å²) >= 11 is 0. The van der Waals surface area contributed by atoms with E-state index >= 15 is 0 Å². The molecule has 31 heavy (non-hydrogen) atoms. The molecule has 4 N–H and O–H groups in total. The number of aliphatic imine (C=N–C) groups is 1. The first-order valence-corrected chi connectivity index (χ1v) is 10.7. The Hall–Kier alpha value is -2.29. The topological polar surface area (TPSA) is 88.7 Å². The molecule has 1 aliphatic carbocycles. The second-order valence-corrected chi connectivity index (χ2v) is 7.85. The standard InChI is InChI=1S/C24H32N4O2.HI/c1-3-17(2)19-6-8-21(9-7-19)28-24(25)26-15-14-18-4-12-22(13-5-18)30-16-23(29)27-20-10-11-20;/h4-9,12-13,17,20H,3,10-11,14-16H2,1-2H3,(H,27,29)(H3,25,26,28);1H. The molecule has 7 heteroatoms. The lowest BCUT2D eigenvalue weighted by molar-refractivity contribution is -0.123. The monoisotopic (exact) mass is 536 g/mol. The van der Waals surface area contributed by atoms with E-state index in [-0.39, 0.29) is 36.5 Å². The lowest BCUT2D eigenvalue weighted by Crippen LogP contribution is -2.30. The van der Waals surface area contributed by atoms with Crippen LogP contribution in [-0.4, -0.2) is 31.1 Å². The summed E-state index contributed by atoms with van der Waals surface area (Å²) in [6.07, 6.45) is 4.05. The molecule has 2 aromatic rings. The van der Waals surface area contributed by atoms with Gasteiger partial charge in [0.05, 0.1) is 0 Å². The fraction of sp³-hybridized carbons (Fsp3) is 0.417. The molecule has 0 radical (unpaired) electrons. The maximum atomic E-state index is 11.7. The third kappa shape index (κ3) is 8.77. The summed E-state index contributed by atoms with van der Waals surface area (Å²) in [7, 11) is 0. The van der Waals surface area contributed by atoms with Gasteiger partial charge in [0, 0.05) is 18.3 Å². The fourth-order valence-electron chi connectivity index (χ4n) is 3.02. The molecule has 0 aliphatic heterocycles. The summed E-state index contributed by atoms with van der Waals surface area (Å²) < 4.78 is 5.52. The number of rotatable bonds is 10. The zero-order valence-electron chi connectivity index (χ0n) is 18.3. The highest BCUT2D eigenvalue weighted by Gasteiger charge is 2.23. The Morgan fingerprint density at radius 2 is 1.84 bits per heavy atom. The van der Waals surface area contributed by atoms with Gasteiger partial charge in [0.1, 0.15) is 5.75 Å². The second kappa shape index (κ2) is 12.5. The Bertz CT molecular complexity index is 849. The van der Waals surface area contributed by atoms with Crippen molar-refractivity contribution in [2.24, 2.45) is 10.7 Å². The van der Waals surface area contributed by atoms with Gasteiger partial charge in [-0.25, -0.2) is 0 Å². The lowest BCUT2D eigenvalue weighted by Gasteiger charge is -2.11. The van der Waals surface area contributed by atoms with Crippen LogP contribution in [0.5, 0.6) is 5.75 Å². The highest BCUT2D eigenvalue weighted by molar-refractivity contribution is 14.0. The minimum Gasteiger partial charge on any atom is -0.484 e. The summed E-state index contributed by atoms with van der Waals surface area (Å²) in [5, 5.41) is 6.04. The van der Waals surface area contributed by atoms with E-state index in [0.717, 1.165) is 36.9 Å². The van der Waals surface area contributed by atoms with Gasteiger partial charge in [-0.1, -0.05) is 38.1 Å². The molecule has 168 valence electrons. The minimum atomic E-state index is -0.0617. The van der Waals surface area contributed by atoms with Crippen LogP contribution >= 0.6 is 24.0 Å². The van der Waals surface area contributed by atoms with Gasteiger partial charge in [-0.3, -0.25) is 9.79 Å². The number of benzene rings is 2. The second-order valence-electron chi connectivity index (χ2n) is 7.85. The summed E-state index contributed by atoms with van der Waals surface area (Å²) in [4.78, 5) is 16.1. The number of halogens is 1. The maximum absolute atomic E-state index is 11.7. The molecule has 1 fully saturated rings. The number of anilines is 1. The van der Waals surface area contributed by atoms with Crippen LogP contribution in [-0.2, 0) is 11.2 Å². The van der Waals surface area contributed by atoms with Crippen molar-refractivity contribution in [3.63, 3.8) is 0 Å². The number of hydrogen-bond donors (Lipinski definition) is 3. The summed E-state index contributed by atoms with van der Waals surface area (Å²) in [6, 6.07) is 16.4. The average Bonchev–Trinajstić information content (AvgIpc) is 3.57. The molecular formula is C24H33IN4O2. The first-order chi connectivity index (χ1) is 14.5. The summed E-state index contributed by atoms with van der Waals surface area (Å²) in [6.45, 7) is 5.06. The zero-order valence-corrected chi connectivity index (χ0v) is 20.6. The average molecular weight is 536 g/mol. The van der Waals surface area contributed by atoms with Crippen LogP contribution in [0.2, 0.25) is 0 Å². The Labute approximate surface area is 202 Å². The van der Waals surface area contributed by atoms with Crippen molar-refractivity contribution < 1.29 is 9.53 Å². The van der Waals surface area contributed by atoms with E-state index in [1.54, 1.807) is 0 Å². The Morgan fingerprint density at radius 3 is 2.45 bits per heavy atom. The van der Waals surface area contributed by atoms with Crippen LogP contribution in [0.15, 0.2) is 53.5 Å². The van der Waals surface area contributed by atoms with Gasteiger partial charge in [-0.15, -0.1) is 24.0 Å². The molecule has 2 aromatic carbocycles. The predicted octanol–water partition coefficient (Wildman–Crippen LogP) is 4.44. The third-order valence-corrected chi connectivity index (χ3v) is 5.28. The highest BCUT2D eigenvalue weighted by Crippen LogP contribution is 2.20. The number of nitrogens with two attached hydrogens (primary N) is 1. The number of carbonyl (C=O) groups excluding carboxylic acids is 1. The van der Waals surface area contributed by atoms with E-state index in [9.17, 15) is 4.79 Å². The van der Waals surface area contributed by atoms with E-state index in [2.05, 4.69) is 41.6 Å². The van der Waals surface area contributed by atoms with Crippen molar-refractivity contribution in [3.8, 4) is 5.75 Å². The van der Waals surface area contributed by atoms with Gasteiger partial charge in [0.15, 0.2) is 12.6 Å². The van der Waals surface area contributed by atoms with Crippen molar-refractivity contribution >= 4 is 41.5 Å². The molecule has 1 atom stereocenters. The molecule has 1 saturated carbocycles. The molecule has 0 aromatic heterocycles. The van der Waals surface area contributed by atoms with Crippen molar-refractivity contribution in [1.82, 2.24) is 5.32 Å². The van der Waals surface area contributed by atoms with Gasteiger partial charge in [-0.2, -0.15) is 0 Å². The van der Waals surface area contributed by atoms with Crippen molar-refractivity contribution in [3.05, 3.63) is 59.7 Å². The fourth-order valence-corrected chi connectivity index (χ4v) is 3.02. The quantitative estimate of drug-likeness (QED) is 0.238. The first-order valence-electron chi connectivity index (χ1n) is 10.7. The van der Waals surface area contributed by atoms with E-state index in [1.807, 2.05) is 36.4 Å². The van der Waals surface area contributed by atoms with Gasteiger partial charge >= 0.3 is 0 Å². The minimum absolute atomic E-state index is 0. The molecule has 1 amide bonds. The Kier molecular flexibility index (Phi) is 10.1. The van der Waals surface area contributed by atoms with Crippen LogP contribution in [0, 0.1) is 0 Å². The molecule has 1 aliphatic rings. The highest BCUT2D eigenvalue weighted by atomic mass is 127. The summed E-state index contributed by atoms with van der Waals surface area (Å²) in [5.74, 6) is 1.60. The molecule has 0 bridgehead atoms. The van der Waals surface area contributed by atoms with Crippen LogP contribution in [0.1, 0.15) is 50.2 Å². The van der Waals surface area contributed by atoms with Crippen LogP contribution in [0.25, 0.3) is 0 Å². The molecule has 0 saturated heterocycles. The normalized spacial score (nSPS) is 14.3. The van der Waals surface area contributed by atoms with E-state index in [0.29, 0.717) is 30.2 Å². The number of carbonyl (C=O) groups is 1. The van der Waals surface area contributed by atoms with Crippen LogP contribution < -0.4 is 21.1 Å². The van der Waals surface area contributed by atoms with E-state index in [1.165, 1.54) is 5.56 Å². The first kappa shape index (κ1) is 25.0. The van der Waals surface area contributed by atoms with Crippen LogP contribution in [0.3, 0.4) is 0 Å². The number of ether oxygens (including phenoxy) is 1. The molecule has 0 spiro atoms. The van der Waals surface area contributed by atoms with Crippen molar-refractivity contribution in [2.45, 2.75) is 51.5 Å². The third-order valence-electron chi connectivity index (χ3n) is 5.28. The Morgan fingerprint density at radius 1 is 1.16 bits per heavy atom. The van der Waals surface area contributed by atoms with Gasteiger partial charge in [0.2, 0.25) is 0 Å². The van der Waals surface area contributed by atoms with E-state index < -0.39 is 0 Å². The van der Waals surface area contributed by atoms with Gasteiger partial charge in [0.25, 0.3) is 5.91 Å². The molecule has 6 nitrogen and oxygen atoms in total. The molecule has 3 rings (SSSR count). The smallest absolute Gasteiger partial charge is 0.258 e. The van der Waals surface area contributed by atoms with Gasteiger partial charge in [-0.05, 0) is 67.0 Å². The largest absolute Gasteiger partial charge is 0.484 e. The number of hydrogen-bond acceptors (Lipinski definition) is 3. The predicted molar refractivity (Wildman–Crippen MR) is 137 cm³/mol. The summed E-state index contributed by atoms with van der Waals surface area (Å²) in [5.41, 5.74) is 9.41. The molecular weight excluding hydrogens is 503 g/mol. The number of nitrogens with zero attached hydrogens (tertiary/aromatic N) is 1. The van der Waals surface area contributed by atoms with Gasteiger partial charge < -0.3 is 21.1 Å². The Balaban J connectivity index is 0.00000341. The number of nitrogens with one attached hydrogen (secondary N) is 2. The lowest BCUT2D eigenvalue weighted by atomic mass is 9.99. The zero-order chi connectivity index (χ0) is 21.3.